The van der Waals surface area contributed by atoms with Crippen LogP contribution in [-0.4, -0.2) is 40.3 Å². The first-order valence-electron chi connectivity index (χ1n) is 7.91. The van der Waals surface area contributed by atoms with Crippen molar-refractivity contribution in [2.75, 3.05) is 6.54 Å². The van der Waals surface area contributed by atoms with Crippen molar-refractivity contribution >= 4 is 10.0 Å². The molecule has 26 heavy (non-hydrogen) atoms. The summed E-state index contributed by atoms with van der Waals surface area (Å²) in [5, 5.41) is 3.70. The average Bonchev–Trinajstić information content (AvgIpc) is 3.23. The van der Waals surface area contributed by atoms with Crippen LogP contribution in [0.1, 0.15) is 30.7 Å². The molecule has 0 saturated carbocycles. The van der Waals surface area contributed by atoms with E-state index in [1.54, 1.807) is 6.92 Å². The van der Waals surface area contributed by atoms with Gasteiger partial charge in [-0.05, 0) is 19.8 Å². The number of nitrogens with zero attached hydrogens (tertiary/aromatic N) is 4. The van der Waals surface area contributed by atoms with Crippen molar-refractivity contribution in [3.05, 3.63) is 38.8 Å². The number of aromatic nitrogens is 4. The molecule has 0 amide bonds. The molecule has 0 aliphatic carbocycles. The van der Waals surface area contributed by atoms with E-state index < -0.39 is 32.3 Å². The number of aryl methyl sites for hydroxylation is 2. The molecule has 1 N–H and O–H groups in total. The van der Waals surface area contributed by atoms with Gasteiger partial charge in [0.2, 0.25) is 10.0 Å². The molecular weight excluding hydrogens is 366 g/mol. The summed E-state index contributed by atoms with van der Waals surface area (Å²) in [4.78, 5) is 27.4. The summed E-state index contributed by atoms with van der Waals surface area (Å²) in [6.45, 7) is 1.68. The first-order valence-corrected chi connectivity index (χ1v) is 9.39. The molecule has 0 bridgehead atoms. The van der Waals surface area contributed by atoms with Crippen LogP contribution in [0.15, 0.2) is 25.2 Å². The topological polar surface area (TPSA) is 138 Å². The summed E-state index contributed by atoms with van der Waals surface area (Å²) >= 11 is 0. The van der Waals surface area contributed by atoms with E-state index >= 15 is 0 Å². The van der Waals surface area contributed by atoms with E-state index in [0.717, 1.165) is 15.3 Å². The van der Waals surface area contributed by atoms with E-state index in [1.165, 1.54) is 14.1 Å². The normalized spacial score (nSPS) is 20.6. The molecule has 11 nitrogen and oxygen atoms in total. The number of ether oxygens (including phenoxy) is 1. The van der Waals surface area contributed by atoms with Crippen LogP contribution in [0.25, 0.3) is 0 Å². The molecule has 12 heteroatoms. The number of hydrogen-bond donors (Lipinski definition) is 1. The molecule has 0 spiro atoms. The van der Waals surface area contributed by atoms with Crippen LogP contribution in [0.5, 0.6) is 0 Å². The van der Waals surface area contributed by atoms with Crippen molar-refractivity contribution in [1.82, 2.24) is 24.0 Å². The first-order chi connectivity index (χ1) is 12.2. The average molecular weight is 385 g/mol. The lowest BCUT2D eigenvalue weighted by atomic mass is 10.2. The smallest absolute Gasteiger partial charge is 0.330 e. The van der Waals surface area contributed by atoms with Gasteiger partial charge in [-0.15, -0.1) is 0 Å². The van der Waals surface area contributed by atoms with E-state index in [0.29, 0.717) is 24.6 Å². The molecule has 142 valence electrons. The lowest BCUT2D eigenvalue weighted by Gasteiger charge is -2.13. The van der Waals surface area contributed by atoms with Crippen molar-refractivity contribution in [3.63, 3.8) is 0 Å². The quantitative estimate of drug-likeness (QED) is 0.690. The Morgan fingerprint density at radius 2 is 2.04 bits per heavy atom. The Balaban J connectivity index is 1.70. The third kappa shape index (κ3) is 3.48. The van der Waals surface area contributed by atoms with Gasteiger partial charge in [0.25, 0.3) is 11.4 Å². The maximum absolute atomic E-state index is 12.4. The molecule has 2 aromatic rings. The van der Waals surface area contributed by atoms with Crippen LogP contribution in [0.2, 0.25) is 0 Å². The Bertz CT molecular complexity index is 1040. The first kappa shape index (κ1) is 18.5. The van der Waals surface area contributed by atoms with Gasteiger partial charge in [-0.1, -0.05) is 5.16 Å². The summed E-state index contributed by atoms with van der Waals surface area (Å²) in [7, 11) is -1.50. The summed E-state index contributed by atoms with van der Waals surface area (Å²) < 4.78 is 39.8. The van der Waals surface area contributed by atoms with E-state index in [2.05, 4.69) is 14.9 Å². The maximum Gasteiger partial charge on any atom is 0.330 e. The fraction of sp³-hybridized carbons (Fsp3) is 0.571. The standard InChI is InChI=1S/C14H19N5O6S/c1-8-16-12(25-17-8)10-5-4-9(24-10)6-15-26(22,23)11-7-18(2)14(21)19(3)13(11)20/h7,9-10,15H,4-6H2,1-3H3/t9-,10+/m1/s1. The highest BCUT2D eigenvalue weighted by Crippen LogP contribution is 2.31. The predicted molar refractivity (Wildman–Crippen MR) is 88.0 cm³/mol. The van der Waals surface area contributed by atoms with Gasteiger partial charge < -0.3 is 13.8 Å². The molecule has 3 rings (SSSR count). The van der Waals surface area contributed by atoms with Gasteiger partial charge in [0.1, 0.15) is 6.10 Å². The number of sulfonamides is 1. The van der Waals surface area contributed by atoms with Gasteiger partial charge in [0, 0.05) is 26.8 Å². The van der Waals surface area contributed by atoms with Crippen molar-refractivity contribution in [2.24, 2.45) is 14.1 Å². The highest BCUT2D eigenvalue weighted by Gasteiger charge is 2.32. The largest absolute Gasteiger partial charge is 0.364 e. The van der Waals surface area contributed by atoms with Crippen molar-refractivity contribution in [3.8, 4) is 0 Å². The van der Waals surface area contributed by atoms with Crippen LogP contribution < -0.4 is 16.0 Å². The van der Waals surface area contributed by atoms with Crippen LogP contribution in [-0.2, 0) is 28.9 Å². The van der Waals surface area contributed by atoms with Crippen molar-refractivity contribution in [2.45, 2.75) is 36.9 Å². The third-order valence-corrected chi connectivity index (χ3v) is 5.54. The summed E-state index contributed by atoms with van der Waals surface area (Å²) in [5.74, 6) is 0.859. The second kappa shape index (κ2) is 6.78. The number of rotatable bonds is 5. The van der Waals surface area contributed by atoms with Crippen molar-refractivity contribution < 1.29 is 17.7 Å². The van der Waals surface area contributed by atoms with E-state index in [4.69, 9.17) is 9.26 Å². The zero-order valence-electron chi connectivity index (χ0n) is 14.5. The molecule has 1 aliphatic rings. The van der Waals surface area contributed by atoms with E-state index in [9.17, 15) is 18.0 Å². The zero-order valence-corrected chi connectivity index (χ0v) is 15.3. The molecule has 1 fully saturated rings. The molecule has 0 radical (unpaired) electrons. The molecule has 2 aromatic heterocycles. The highest BCUT2D eigenvalue weighted by molar-refractivity contribution is 7.89. The Kier molecular flexibility index (Phi) is 4.82. The van der Waals surface area contributed by atoms with E-state index in [-0.39, 0.29) is 12.6 Å². The Hall–Kier alpha value is -2.31. The van der Waals surface area contributed by atoms with Gasteiger partial charge in [-0.2, -0.15) is 4.98 Å². The fourth-order valence-electron chi connectivity index (χ4n) is 2.72. The zero-order chi connectivity index (χ0) is 19.1. The van der Waals surface area contributed by atoms with Crippen LogP contribution in [0, 0.1) is 6.92 Å². The summed E-state index contributed by atoms with van der Waals surface area (Å²) in [6, 6.07) is 0. The molecule has 1 aliphatic heterocycles. The lowest BCUT2D eigenvalue weighted by Crippen LogP contribution is -2.42. The second-order valence-corrected chi connectivity index (χ2v) is 7.84. The molecule has 3 heterocycles. The Labute approximate surface area is 148 Å². The molecule has 0 unspecified atom stereocenters. The van der Waals surface area contributed by atoms with Gasteiger partial charge in [0.05, 0.1) is 6.10 Å². The number of hydrogen-bond acceptors (Lipinski definition) is 8. The minimum absolute atomic E-state index is 0.0159. The molecule has 0 aromatic carbocycles. The fourth-order valence-corrected chi connectivity index (χ4v) is 3.95. The van der Waals surface area contributed by atoms with Gasteiger partial charge in [0.15, 0.2) is 10.7 Å². The SMILES string of the molecule is Cc1noc([C@@H]2CC[C@H](CNS(=O)(=O)c3cn(C)c(=O)n(C)c3=O)O2)n1. The third-order valence-electron chi connectivity index (χ3n) is 4.13. The number of nitrogens with one attached hydrogen (secondary N) is 1. The van der Waals surface area contributed by atoms with Crippen LogP contribution in [0.3, 0.4) is 0 Å². The maximum atomic E-state index is 12.4. The molecule has 1 saturated heterocycles. The van der Waals surface area contributed by atoms with E-state index in [1.807, 2.05) is 0 Å². The van der Waals surface area contributed by atoms with Crippen LogP contribution in [0.4, 0.5) is 0 Å². The second-order valence-electron chi connectivity index (χ2n) is 6.11. The van der Waals surface area contributed by atoms with Gasteiger partial charge >= 0.3 is 5.69 Å². The Morgan fingerprint density at radius 1 is 1.31 bits per heavy atom. The lowest BCUT2D eigenvalue weighted by molar-refractivity contribution is 0.0290. The summed E-state index contributed by atoms with van der Waals surface area (Å²) in [5.41, 5.74) is -1.49. The van der Waals surface area contributed by atoms with Gasteiger partial charge in [-0.25, -0.2) is 17.9 Å². The van der Waals surface area contributed by atoms with Crippen LogP contribution >= 0.6 is 0 Å². The van der Waals surface area contributed by atoms with Gasteiger partial charge in [-0.3, -0.25) is 9.36 Å². The Morgan fingerprint density at radius 3 is 2.69 bits per heavy atom. The predicted octanol–water partition coefficient (Wildman–Crippen LogP) is -1.03. The van der Waals surface area contributed by atoms with Crippen molar-refractivity contribution in [1.29, 1.82) is 0 Å². The minimum atomic E-state index is -4.09. The molecular formula is C14H19N5O6S. The molecule has 2 atom stereocenters. The minimum Gasteiger partial charge on any atom is -0.364 e. The highest BCUT2D eigenvalue weighted by atomic mass is 32.2. The summed E-state index contributed by atoms with van der Waals surface area (Å²) in [6.07, 6.45) is 1.46. The monoisotopic (exact) mass is 385 g/mol.